The lowest BCUT2D eigenvalue weighted by molar-refractivity contribution is -0.170. The van der Waals surface area contributed by atoms with Crippen LogP contribution in [0.5, 0.6) is 0 Å². The highest BCUT2D eigenvalue weighted by Crippen LogP contribution is 2.27. The van der Waals surface area contributed by atoms with E-state index in [-0.39, 0.29) is 65.6 Å². The zero-order valence-corrected chi connectivity index (χ0v) is 36.8. The summed E-state index contributed by atoms with van der Waals surface area (Å²) in [7, 11) is 0. The summed E-state index contributed by atoms with van der Waals surface area (Å²) in [5, 5.41) is 19.3. The standard InChI is InChI=1S/C43H60F3N13O5/c1-5-55-18-20-56(6-2)22-24-58(25-23-57(7-3)21-19-55)28-36(61)51-32-13-11-31(12-14-32)50-35(60)17-8-29(4)64-38(47)30-9-15-34(16-10-30)59(41(63)43(44,45)46)27-33-26-49-39-37(52-33)40(62)54-42(48)53-39/h9-16,26,29,42,47H,5-8,17-25,27-28,48H2,1-4H3,(H,49,53)(H,50,60)(H,51,61)(H,54,62). The van der Waals surface area contributed by atoms with Crippen LogP contribution in [0.2, 0.25) is 0 Å². The Balaban J connectivity index is 1.08. The molecule has 3 heterocycles. The Hall–Kier alpha value is -5.74. The van der Waals surface area contributed by atoms with Crippen molar-refractivity contribution in [1.82, 2.24) is 34.9 Å². The van der Waals surface area contributed by atoms with Gasteiger partial charge < -0.3 is 40.7 Å². The number of hydrogen-bond acceptors (Lipinski definition) is 14. The Bertz CT molecular complexity index is 2040. The van der Waals surface area contributed by atoms with Gasteiger partial charge in [0.25, 0.3) is 5.91 Å². The molecular formula is C43H60F3N13O5. The van der Waals surface area contributed by atoms with Crippen molar-refractivity contribution in [3.63, 3.8) is 0 Å². The van der Waals surface area contributed by atoms with Gasteiger partial charge in [-0.25, -0.2) is 9.97 Å². The van der Waals surface area contributed by atoms with Crippen LogP contribution < -0.4 is 31.9 Å². The number of anilines is 4. The first kappa shape index (κ1) is 49.3. The Morgan fingerprint density at radius 2 is 1.36 bits per heavy atom. The second-order valence-electron chi connectivity index (χ2n) is 15.6. The van der Waals surface area contributed by atoms with Crippen molar-refractivity contribution in [2.75, 3.05) is 99.4 Å². The molecular weight excluding hydrogens is 836 g/mol. The molecule has 2 unspecified atom stereocenters. The van der Waals surface area contributed by atoms with Crippen LogP contribution in [0.1, 0.15) is 62.3 Å². The summed E-state index contributed by atoms with van der Waals surface area (Å²) in [6.45, 7) is 18.2. The molecule has 348 valence electrons. The fourth-order valence-electron chi connectivity index (χ4n) is 7.16. The predicted molar refractivity (Wildman–Crippen MR) is 238 cm³/mol. The van der Waals surface area contributed by atoms with E-state index in [1.54, 1.807) is 31.2 Å². The highest BCUT2D eigenvalue weighted by molar-refractivity contribution is 6.00. The van der Waals surface area contributed by atoms with E-state index >= 15 is 0 Å². The van der Waals surface area contributed by atoms with Gasteiger partial charge in [-0.15, -0.1) is 0 Å². The molecule has 1 aromatic heterocycles. The Kier molecular flexibility index (Phi) is 17.9. The molecule has 2 aromatic carbocycles. The number of carbonyl (C=O) groups is 4. The maximum atomic E-state index is 13.7. The third-order valence-corrected chi connectivity index (χ3v) is 11.1. The maximum absolute atomic E-state index is 13.7. The van der Waals surface area contributed by atoms with Crippen molar-refractivity contribution in [1.29, 1.82) is 5.41 Å². The fraction of sp³-hybridized carbons (Fsp3) is 0.512. The zero-order valence-electron chi connectivity index (χ0n) is 36.8. The van der Waals surface area contributed by atoms with Gasteiger partial charge in [0.2, 0.25) is 17.7 Å². The molecule has 2 aliphatic rings. The van der Waals surface area contributed by atoms with E-state index in [0.29, 0.717) is 16.3 Å². The van der Waals surface area contributed by atoms with Crippen LogP contribution >= 0.6 is 0 Å². The number of amides is 4. The normalized spacial score (nSPS) is 17.7. The highest BCUT2D eigenvalue weighted by atomic mass is 19.4. The zero-order chi connectivity index (χ0) is 46.4. The molecule has 1 fully saturated rings. The van der Waals surface area contributed by atoms with Gasteiger partial charge in [-0.2, -0.15) is 13.2 Å². The Morgan fingerprint density at radius 3 is 1.88 bits per heavy atom. The molecule has 64 heavy (non-hydrogen) atoms. The van der Waals surface area contributed by atoms with Crippen LogP contribution in [-0.4, -0.2) is 156 Å². The van der Waals surface area contributed by atoms with Crippen molar-refractivity contribution in [2.24, 2.45) is 5.73 Å². The van der Waals surface area contributed by atoms with Crippen LogP contribution in [0.25, 0.3) is 0 Å². The Morgan fingerprint density at radius 1 is 0.844 bits per heavy atom. The maximum Gasteiger partial charge on any atom is 0.471 e. The van der Waals surface area contributed by atoms with Crippen LogP contribution in [0.4, 0.5) is 36.1 Å². The van der Waals surface area contributed by atoms with Gasteiger partial charge in [-0.05, 0) is 81.5 Å². The lowest BCUT2D eigenvalue weighted by Gasteiger charge is -2.33. The molecule has 21 heteroatoms. The third kappa shape index (κ3) is 14.7. The number of aromatic nitrogens is 2. The van der Waals surface area contributed by atoms with Gasteiger partial charge in [0.05, 0.1) is 31.1 Å². The van der Waals surface area contributed by atoms with Crippen molar-refractivity contribution in [3.8, 4) is 0 Å². The predicted octanol–water partition coefficient (Wildman–Crippen LogP) is 3.34. The third-order valence-electron chi connectivity index (χ3n) is 11.1. The summed E-state index contributed by atoms with van der Waals surface area (Å²) in [4.78, 5) is 69.0. The molecule has 1 saturated heterocycles. The van der Waals surface area contributed by atoms with Crippen molar-refractivity contribution in [3.05, 3.63) is 71.7 Å². The number of nitrogens with two attached hydrogens (primary N) is 1. The minimum atomic E-state index is -5.23. The van der Waals surface area contributed by atoms with E-state index in [0.717, 1.165) is 78.2 Å². The highest BCUT2D eigenvalue weighted by Gasteiger charge is 2.43. The second kappa shape index (κ2) is 23.3. The van der Waals surface area contributed by atoms with Crippen molar-refractivity contribution < 1.29 is 37.1 Å². The first-order valence-corrected chi connectivity index (χ1v) is 21.6. The van der Waals surface area contributed by atoms with Crippen molar-refractivity contribution in [2.45, 2.75) is 65.7 Å². The quantitative estimate of drug-likeness (QED) is 0.0955. The number of nitrogens with one attached hydrogen (secondary N) is 5. The van der Waals surface area contributed by atoms with Crippen LogP contribution in [-0.2, 0) is 25.7 Å². The lowest BCUT2D eigenvalue weighted by Crippen LogP contribution is -2.51. The monoisotopic (exact) mass is 895 g/mol. The van der Waals surface area contributed by atoms with Crippen LogP contribution in [0, 0.1) is 5.41 Å². The van der Waals surface area contributed by atoms with Crippen LogP contribution in [0.15, 0.2) is 54.7 Å². The summed E-state index contributed by atoms with van der Waals surface area (Å²) in [5.74, 6) is -3.51. The summed E-state index contributed by atoms with van der Waals surface area (Å²) in [6, 6.07) is 12.0. The molecule has 2 atom stereocenters. The Labute approximate surface area is 371 Å². The number of fused-ring (bicyclic) bond motifs is 1. The minimum absolute atomic E-state index is 0.0429. The molecule has 0 radical (unpaired) electrons. The van der Waals surface area contributed by atoms with Gasteiger partial charge in [0, 0.05) is 81.4 Å². The van der Waals surface area contributed by atoms with Gasteiger partial charge in [0.15, 0.2) is 17.8 Å². The summed E-state index contributed by atoms with van der Waals surface area (Å²) in [6.07, 6.45) is -5.30. The fourth-order valence-corrected chi connectivity index (χ4v) is 7.16. The molecule has 3 aromatic rings. The average molecular weight is 896 g/mol. The number of halogens is 3. The van der Waals surface area contributed by atoms with Crippen molar-refractivity contribution >= 4 is 52.4 Å². The van der Waals surface area contributed by atoms with Gasteiger partial charge in [-0.3, -0.25) is 40.1 Å². The number of rotatable bonds is 15. The SMILES string of the molecule is CCN1CCN(CC)CCN(CC(=O)Nc2ccc(NC(=O)CCC(C)OC(=N)c3ccc(N(Cc4cnc5c(n4)C(=O)NC(N)N5)C(=O)C(F)(F)F)cc3)cc2)CCN(CC)CC1. The summed E-state index contributed by atoms with van der Waals surface area (Å²) < 4.78 is 46.7. The molecule has 2 aliphatic heterocycles. The summed E-state index contributed by atoms with van der Waals surface area (Å²) >= 11 is 0. The first-order valence-electron chi connectivity index (χ1n) is 21.6. The number of likely N-dealkylation sites (N-methyl/N-ethyl adjacent to an activating group) is 3. The number of nitrogens with zero attached hydrogens (tertiary/aromatic N) is 7. The van der Waals surface area contributed by atoms with E-state index < -0.39 is 36.9 Å². The van der Waals surface area contributed by atoms with E-state index in [2.05, 4.69) is 71.6 Å². The molecule has 7 N–H and O–H groups in total. The summed E-state index contributed by atoms with van der Waals surface area (Å²) in [5.41, 5.74) is 6.58. The molecule has 0 spiro atoms. The number of ether oxygens (including phenoxy) is 1. The number of carbonyl (C=O) groups excluding carboxylic acids is 4. The second-order valence-corrected chi connectivity index (χ2v) is 15.6. The number of hydrogen-bond donors (Lipinski definition) is 6. The van der Waals surface area contributed by atoms with Gasteiger partial charge in [-0.1, -0.05) is 20.8 Å². The van der Waals surface area contributed by atoms with E-state index in [9.17, 15) is 32.3 Å². The minimum Gasteiger partial charge on any atom is -0.475 e. The average Bonchev–Trinajstić information content (AvgIpc) is 3.26. The molecule has 18 nitrogen and oxygen atoms in total. The van der Waals surface area contributed by atoms with E-state index in [1.807, 2.05) is 0 Å². The van der Waals surface area contributed by atoms with Gasteiger partial charge >= 0.3 is 12.1 Å². The van der Waals surface area contributed by atoms with Gasteiger partial charge in [0.1, 0.15) is 0 Å². The lowest BCUT2D eigenvalue weighted by atomic mass is 10.1. The van der Waals surface area contributed by atoms with Crippen LogP contribution in [0.3, 0.4) is 0 Å². The van der Waals surface area contributed by atoms with E-state index in [1.165, 1.54) is 24.3 Å². The molecule has 0 saturated carbocycles. The van der Waals surface area contributed by atoms with E-state index in [4.69, 9.17) is 15.9 Å². The molecule has 4 amide bonds. The molecule has 5 rings (SSSR count). The molecule has 0 bridgehead atoms. The topological polar surface area (TPSA) is 217 Å². The number of alkyl halides is 3. The largest absolute Gasteiger partial charge is 0.475 e. The number of benzene rings is 2. The first-order chi connectivity index (χ1) is 30.5. The smallest absolute Gasteiger partial charge is 0.471 e. The molecule has 0 aliphatic carbocycles.